The van der Waals surface area contributed by atoms with E-state index in [0.29, 0.717) is 0 Å². The minimum absolute atomic E-state index is 0.153. The van der Waals surface area contributed by atoms with Crippen molar-refractivity contribution in [1.29, 1.82) is 5.26 Å². The third-order valence-electron chi connectivity index (χ3n) is 1.22. The summed E-state index contributed by atoms with van der Waals surface area (Å²) >= 11 is 0. The van der Waals surface area contributed by atoms with Gasteiger partial charge in [-0.1, -0.05) is 0 Å². The van der Waals surface area contributed by atoms with Gasteiger partial charge >= 0.3 is 0 Å². The monoisotopic (exact) mass is 165 g/mol. The smallest absolute Gasteiger partial charge is 0.294 e. The van der Waals surface area contributed by atoms with Crippen LogP contribution in [0.2, 0.25) is 0 Å². The van der Waals surface area contributed by atoms with Crippen LogP contribution < -0.4 is 5.56 Å². The summed E-state index contributed by atoms with van der Waals surface area (Å²) in [6, 6.07) is 2.37. The zero-order valence-electron chi connectivity index (χ0n) is 5.77. The zero-order chi connectivity index (χ0) is 9.14. The van der Waals surface area contributed by atoms with Crippen LogP contribution in [0.5, 0.6) is 0 Å². The van der Waals surface area contributed by atoms with Crippen molar-refractivity contribution in [3.05, 3.63) is 38.3 Å². The van der Waals surface area contributed by atoms with Crippen LogP contribution in [0.4, 0.5) is 5.69 Å². The van der Waals surface area contributed by atoms with E-state index in [0.717, 1.165) is 12.3 Å². The van der Waals surface area contributed by atoms with Gasteiger partial charge in [-0.25, -0.2) is 0 Å². The molecule has 0 aromatic carbocycles. The van der Waals surface area contributed by atoms with E-state index < -0.39 is 16.2 Å². The van der Waals surface area contributed by atoms with E-state index in [2.05, 4.69) is 4.98 Å². The Morgan fingerprint density at radius 2 is 2.33 bits per heavy atom. The third-order valence-corrected chi connectivity index (χ3v) is 1.22. The molecular formula is C6H3N3O3. The van der Waals surface area contributed by atoms with E-state index in [-0.39, 0.29) is 5.56 Å². The Hall–Kier alpha value is -2.16. The molecule has 0 unspecified atom stereocenters. The lowest BCUT2D eigenvalue weighted by Gasteiger charge is -1.90. The van der Waals surface area contributed by atoms with E-state index in [1.165, 1.54) is 0 Å². The van der Waals surface area contributed by atoms with Crippen LogP contribution in [0.3, 0.4) is 0 Å². The molecule has 12 heavy (non-hydrogen) atoms. The first-order valence-corrected chi connectivity index (χ1v) is 2.92. The highest BCUT2D eigenvalue weighted by Crippen LogP contribution is 2.11. The molecular weight excluding hydrogens is 162 g/mol. The highest BCUT2D eigenvalue weighted by atomic mass is 16.6. The number of hydrogen-bond donors (Lipinski definition) is 1. The van der Waals surface area contributed by atoms with E-state index >= 15 is 0 Å². The standard InChI is InChI=1S/C6H3N3O3/c7-2-4-3-8-6(10)1-5(4)9(11)12/h1,3H,(H,8,10). The topological polar surface area (TPSA) is 99.8 Å². The summed E-state index contributed by atoms with van der Waals surface area (Å²) < 4.78 is 0. The fraction of sp³-hybridized carbons (Fsp3) is 0. The predicted molar refractivity (Wildman–Crippen MR) is 38.4 cm³/mol. The highest BCUT2D eigenvalue weighted by molar-refractivity contribution is 5.45. The molecule has 0 spiro atoms. The van der Waals surface area contributed by atoms with Crippen molar-refractivity contribution in [3.63, 3.8) is 0 Å². The van der Waals surface area contributed by atoms with Crippen molar-refractivity contribution >= 4 is 5.69 Å². The molecule has 0 saturated carbocycles. The van der Waals surface area contributed by atoms with Crippen LogP contribution >= 0.6 is 0 Å². The van der Waals surface area contributed by atoms with Gasteiger partial charge in [0.1, 0.15) is 11.6 Å². The van der Waals surface area contributed by atoms with Gasteiger partial charge < -0.3 is 4.98 Å². The fourth-order valence-electron chi connectivity index (χ4n) is 0.701. The molecule has 1 aromatic heterocycles. The molecule has 0 aliphatic heterocycles. The van der Waals surface area contributed by atoms with Crippen molar-refractivity contribution in [2.24, 2.45) is 0 Å². The Labute approximate surface area is 66.2 Å². The van der Waals surface area contributed by atoms with Gasteiger partial charge in [0.05, 0.1) is 11.0 Å². The summed E-state index contributed by atoms with van der Waals surface area (Å²) in [4.78, 5) is 22.2. The van der Waals surface area contributed by atoms with Crippen molar-refractivity contribution in [1.82, 2.24) is 4.98 Å². The lowest BCUT2D eigenvalue weighted by Crippen LogP contribution is -2.06. The van der Waals surface area contributed by atoms with Gasteiger partial charge in [0.2, 0.25) is 0 Å². The summed E-state index contributed by atoms with van der Waals surface area (Å²) in [5.74, 6) is 0. The van der Waals surface area contributed by atoms with Crippen LogP contribution in [-0.2, 0) is 0 Å². The van der Waals surface area contributed by atoms with Crippen molar-refractivity contribution < 1.29 is 4.92 Å². The molecule has 6 nitrogen and oxygen atoms in total. The molecule has 6 heteroatoms. The Balaban J connectivity index is 3.44. The second kappa shape index (κ2) is 2.84. The second-order valence-corrected chi connectivity index (χ2v) is 1.97. The summed E-state index contributed by atoms with van der Waals surface area (Å²) in [7, 11) is 0. The molecule has 0 saturated heterocycles. The average Bonchev–Trinajstić information content (AvgIpc) is 2.04. The van der Waals surface area contributed by atoms with Crippen molar-refractivity contribution in [3.8, 4) is 6.07 Å². The third kappa shape index (κ3) is 1.29. The van der Waals surface area contributed by atoms with Crippen molar-refractivity contribution in [2.75, 3.05) is 0 Å². The molecule has 1 N–H and O–H groups in total. The molecule has 0 amide bonds. The summed E-state index contributed by atoms with van der Waals surface area (Å²) in [6.45, 7) is 0. The first-order valence-electron chi connectivity index (χ1n) is 2.92. The number of aromatic nitrogens is 1. The number of nitrogens with one attached hydrogen (secondary N) is 1. The maximum absolute atomic E-state index is 10.6. The van der Waals surface area contributed by atoms with Gasteiger partial charge in [-0.15, -0.1) is 0 Å². The van der Waals surface area contributed by atoms with Gasteiger partial charge in [-0.2, -0.15) is 5.26 Å². The van der Waals surface area contributed by atoms with Gasteiger partial charge in [0.15, 0.2) is 0 Å². The van der Waals surface area contributed by atoms with Crippen LogP contribution in [0.15, 0.2) is 17.1 Å². The second-order valence-electron chi connectivity index (χ2n) is 1.97. The lowest BCUT2D eigenvalue weighted by atomic mass is 10.2. The first-order chi connectivity index (χ1) is 5.65. The largest absolute Gasteiger partial charge is 0.327 e. The average molecular weight is 165 g/mol. The summed E-state index contributed by atoms with van der Waals surface area (Å²) in [5, 5.41) is 18.6. The molecule has 1 aromatic rings. The minimum Gasteiger partial charge on any atom is -0.327 e. The predicted octanol–water partition coefficient (Wildman–Crippen LogP) is 0.155. The molecule has 0 fully saturated rings. The van der Waals surface area contributed by atoms with Crippen molar-refractivity contribution in [2.45, 2.75) is 0 Å². The Morgan fingerprint density at radius 3 is 2.83 bits per heavy atom. The van der Waals surface area contributed by atoms with E-state index in [9.17, 15) is 14.9 Å². The maximum atomic E-state index is 10.6. The Bertz CT molecular complexity index is 415. The number of pyridine rings is 1. The molecule has 0 aliphatic carbocycles. The summed E-state index contributed by atoms with van der Waals surface area (Å²) in [6.07, 6.45) is 1.01. The van der Waals surface area contributed by atoms with Crippen LogP contribution in [-0.4, -0.2) is 9.91 Å². The van der Waals surface area contributed by atoms with Gasteiger partial charge in [-0.3, -0.25) is 14.9 Å². The molecule has 1 rings (SSSR count). The molecule has 0 radical (unpaired) electrons. The molecule has 0 atom stereocenters. The molecule has 0 bridgehead atoms. The Morgan fingerprint density at radius 1 is 1.67 bits per heavy atom. The number of aromatic amines is 1. The Kier molecular flexibility index (Phi) is 1.88. The van der Waals surface area contributed by atoms with Gasteiger partial charge in [0.25, 0.3) is 11.2 Å². The molecule has 60 valence electrons. The minimum atomic E-state index is -0.770. The number of nitriles is 1. The van der Waals surface area contributed by atoms with E-state index in [1.807, 2.05) is 0 Å². The number of rotatable bonds is 1. The normalized spacial score (nSPS) is 8.92. The molecule has 0 aliphatic rings. The van der Waals surface area contributed by atoms with Crippen LogP contribution in [0, 0.1) is 21.4 Å². The number of nitrogens with zero attached hydrogens (tertiary/aromatic N) is 2. The number of hydrogen-bond acceptors (Lipinski definition) is 4. The van der Waals surface area contributed by atoms with E-state index in [1.54, 1.807) is 6.07 Å². The summed E-state index contributed by atoms with van der Waals surface area (Å²) in [5.41, 5.74) is -1.22. The van der Waals surface area contributed by atoms with Crippen LogP contribution in [0.1, 0.15) is 5.56 Å². The number of H-pyrrole nitrogens is 1. The van der Waals surface area contributed by atoms with Gasteiger partial charge in [0, 0.05) is 6.20 Å². The first kappa shape index (κ1) is 7.94. The van der Waals surface area contributed by atoms with Crippen LogP contribution in [0.25, 0.3) is 0 Å². The maximum Gasteiger partial charge on any atom is 0.294 e. The van der Waals surface area contributed by atoms with E-state index in [4.69, 9.17) is 5.26 Å². The molecule has 1 heterocycles. The lowest BCUT2D eigenvalue weighted by molar-refractivity contribution is -0.385. The number of nitro groups is 1. The van der Waals surface area contributed by atoms with Gasteiger partial charge in [-0.05, 0) is 0 Å². The zero-order valence-corrected chi connectivity index (χ0v) is 5.77. The fourth-order valence-corrected chi connectivity index (χ4v) is 0.701. The SMILES string of the molecule is N#Cc1c[nH]c(=O)cc1[N+](=O)[O-]. The highest BCUT2D eigenvalue weighted by Gasteiger charge is 2.13. The quantitative estimate of drug-likeness (QED) is 0.472.